The third-order valence-electron chi connectivity index (χ3n) is 8.33. The molecule has 6 nitrogen and oxygen atoms in total. The number of hydrogen-bond donors (Lipinski definition) is 1. The van der Waals surface area contributed by atoms with E-state index in [2.05, 4.69) is 0 Å². The van der Waals surface area contributed by atoms with Gasteiger partial charge in [0.2, 0.25) is 5.91 Å². The Kier molecular flexibility index (Phi) is 9.01. The number of nitrogens with zero attached hydrogens (tertiary/aromatic N) is 1. The molecule has 4 atom stereocenters. The van der Waals surface area contributed by atoms with Gasteiger partial charge >= 0.3 is 12.1 Å². The van der Waals surface area contributed by atoms with Crippen LogP contribution >= 0.6 is 0 Å². The number of amides is 1. The van der Waals surface area contributed by atoms with E-state index >= 15 is 4.39 Å². The minimum atomic E-state index is -4.60. The third-order valence-corrected chi connectivity index (χ3v) is 8.33. The number of aliphatic carboxylic acids is 1. The quantitative estimate of drug-likeness (QED) is 0.357. The van der Waals surface area contributed by atoms with Crippen LogP contribution in [-0.4, -0.2) is 41.1 Å². The molecule has 0 unspecified atom stereocenters. The van der Waals surface area contributed by atoms with Gasteiger partial charge in [0.15, 0.2) is 0 Å². The number of carboxylic acids is 1. The van der Waals surface area contributed by atoms with E-state index in [0.29, 0.717) is 12.8 Å². The highest BCUT2D eigenvalue weighted by molar-refractivity contribution is 5.87. The molecule has 1 aliphatic carbocycles. The van der Waals surface area contributed by atoms with E-state index in [1.165, 1.54) is 36.3 Å². The molecule has 0 spiro atoms. The zero-order chi connectivity index (χ0) is 30.1. The normalized spacial score (nSPS) is 24.0. The molecular weight excluding hydrogens is 542 g/mol. The highest BCUT2D eigenvalue weighted by Gasteiger charge is 2.59. The fourth-order valence-corrected chi connectivity index (χ4v) is 6.44. The summed E-state index contributed by atoms with van der Waals surface area (Å²) in [7, 11) is 1.33. The van der Waals surface area contributed by atoms with Gasteiger partial charge in [0, 0.05) is 23.0 Å². The molecule has 1 N–H and O–H groups in total. The Morgan fingerprint density at radius 3 is 2.24 bits per heavy atom. The second-order valence-electron chi connectivity index (χ2n) is 12.0. The highest BCUT2D eigenvalue weighted by atomic mass is 19.4. The lowest BCUT2D eigenvalue weighted by Crippen LogP contribution is -2.49. The van der Waals surface area contributed by atoms with Gasteiger partial charge in [0.05, 0.1) is 31.4 Å². The van der Waals surface area contributed by atoms with Gasteiger partial charge in [0.25, 0.3) is 0 Å². The van der Waals surface area contributed by atoms with Crippen molar-refractivity contribution in [1.29, 1.82) is 0 Å². The van der Waals surface area contributed by atoms with Crippen molar-refractivity contribution in [3.8, 4) is 5.75 Å². The molecule has 10 heteroatoms. The standard InChI is InChI=1S/C31H37F4NO5/c1-30(2,3)24-26(29(38)39)36(28(37)18-10-6-5-7-11-18)25(21-12-8-9-13-22(21)32)27(24)41-17-19-16-20(31(33,34)35)14-15-23(19)40-4/h8-9,12-16,18,24-27H,5-7,10-11,17H2,1-4H3,(H,38,39)/t24-,25+,26+,27+/m1/s1. The summed E-state index contributed by atoms with van der Waals surface area (Å²) in [4.78, 5) is 28.3. The Morgan fingerprint density at radius 2 is 1.68 bits per heavy atom. The first kappa shape index (κ1) is 30.8. The van der Waals surface area contributed by atoms with Gasteiger partial charge in [-0.05, 0) is 42.5 Å². The van der Waals surface area contributed by atoms with Crippen LogP contribution in [0.25, 0.3) is 0 Å². The van der Waals surface area contributed by atoms with Crippen LogP contribution in [0.3, 0.4) is 0 Å². The van der Waals surface area contributed by atoms with E-state index < -0.39 is 59.0 Å². The lowest BCUT2D eigenvalue weighted by molar-refractivity contribution is -0.154. The molecule has 2 aliphatic rings. The summed E-state index contributed by atoms with van der Waals surface area (Å²) in [5.41, 5.74) is -1.42. The lowest BCUT2D eigenvalue weighted by atomic mass is 9.73. The number of rotatable bonds is 7. The van der Waals surface area contributed by atoms with Gasteiger partial charge in [-0.25, -0.2) is 9.18 Å². The SMILES string of the molecule is COc1ccc(C(F)(F)F)cc1CO[C@H]1[C@H](C(C)(C)C)[C@@H](C(=O)O)N(C(=O)C2CCCCC2)[C@H]1c1ccccc1F. The Hall–Kier alpha value is -3.14. The monoisotopic (exact) mass is 579 g/mol. The first-order valence-electron chi connectivity index (χ1n) is 13.9. The van der Waals surface area contributed by atoms with Crippen molar-refractivity contribution in [2.75, 3.05) is 7.11 Å². The van der Waals surface area contributed by atoms with Crippen molar-refractivity contribution in [2.45, 2.75) is 83.8 Å². The van der Waals surface area contributed by atoms with E-state index in [1.807, 2.05) is 20.8 Å². The molecule has 2 aromatic rings. The summed E-state index contributed by atoms with van der Waals surface area (Å²) in [6.45, 7) is 5.10. The van der Waals surface area contributed by atoms with Crippen LogP contribution < -0.4 is 4.74 Å². The molecule has 1 amide bonds. The predicted octanol–water partition coefficient (Wildman–Crippen LogP) is 7.02. The maximum atomic E-state index is 15.4. The van der Waals surface area contributed by atoms with Crippen molar-refractivity contribution >= 4 is 11.9 Å². The molecule has 1 heterocycles. The first-order chi connectivity index (χ1) is 19.3. The molecule has 2 aromatic carbocycles. The molecule has 224 valence electrons. The van der Waals surface area contributed by atoms with E-state index in [1.54, 1.807) is 6.07 Å². The molecule has 1 saturated heterocycles. The summed E-state index contributed by atoms with van der Waals surface area (Å²) in [5, 5.41) is 10.5. The van der Waals surface area contributed by atoms with Crippen molar-refractivity contribution < 1.29 is 41.7 Å². The molecule has 1 aliphatic heterocycles. The van der Waals surface area contributed by atoms with Crippen LogP contribution in [-0.2, 0) is 27.1 Å². The average molecular weight is 580 g/mol. The summed E-state index contributed by atoms with van der Waals surface area (Å²) in [6, 6.07) is 6.45. The van der Waals surface area contributed by atoms with E-state index in [0.717, 1.165) is 31.4 Å². The van der Waals surface area contributed by atoms with Gasteiger partial charge in [-0.3, -0.25) is 4.79 Å². The number of likely N-dealkylation sites (tertiary alicyclic amines) is 1. The van der Waals surface area contributed by atoms with Crippen LogP contribution in [0, 0.1) is 23.1 Å². The van der Waals surface area contributed by atoms with Crippen LogP contribution in [0.5, 0.6) is 5.75 Å². The molecule has 0 radical (unpaired) electrons. The molecule has 1 saturated carbocycles. The van der Waals surface area contributed by atoms with Crippen LogP contribution in [0.2, 0.25) is 0 Å². The average Bonchev–Trinajstić information content (AvgIpc) is 3.27. The highest BCUT2D eigenvalue weighted by Crippen LogP contribution is 2.51. The van der Waals surface area contributed by atoms with Gasteiger partial charge in [-0.15, -0.1) is 0 Å². The number of methoxy groups -OCH3 is 1. The third kappa shape index (κ3) is 6.37. The summed E-state index contributed by atoms with van der Waals surface area (Å²) >= 11 is 0. The molecule has 0 aromatic heterocycles. The van der Waals surface area contributed by atoms with Gasteiger partial charge in [0.1, 0.15) is 17.6 Å². The number of hydrogen-bond acceptors (Lipinski definition) is 4. The second-order valence-corrected chi connectivity index (χ2v) is 12.0. The molecule has 0 bridgehead atoms. The number of alkyl halides is 3. The zero-order valence-corrected chi connectivity index (χ0v) is 23.7. The van der Waals surface area contributed by atoms with Gasteiger partial charge < -0.3 is 19.5 Å². The Morgan fingerprint density at radius 1 is 1.02 bits per heavy atom. The lowest BCUT2D eigenvalue weighted by Gasteiger charge is -2.35. The van der Waals surface area contributed by atoms with Gasteiger partial charge in [-0.1, -0.05) is 58.2 Å². The van der Waals surface area contributed by atoms with Gasteiger partial charge in [-0.2, -0.15) is 13.2 Å². The van der Waals surface area contributed by atoms with Crippen molar-refractivity contribution in [1.82, 2.24) is 4.90 Å². The number of carboxylic acid groups (broad SMARTS) is 1. The van der Waals surface area contributed by atoms with Crippen molar-refractivity contribution in [3.05, 3.63) is 65.0 Å². The van der Waals surface area contributed by atoms with E-state index in [-0.39, 0.29) is 29.4 Å². The first-order valence-corrected chi connectivity index (χ1v) is 13.9. The molecule has 2 fully saturated rings. The summed E-state index contributed by atoms with van der Waals surface area (Å²) in [5.74, 6) is -3.27. The summed E-state index contributed by atoms with van der Waals surface area (Å²) < 4.78 is 67.6. The Bertz CT molecular complexity index is 1250. The van der Waals surface area contributed by atoms with Crippen molar-refractivity contribution in [3.63, 3.8) is 0 Å². The number of carbonyl (C=O) groups excluding carboxylic acids is 1. The summed E-state index contributed by atoms with van der Waals surface area (Å²) in [6.07, 6.45) is -1.76. The number of benzene rings is 2. The maximum absolute atomic E-state index is 15.4. The smallest absolute Gasteiger partial charge is 0.416 e. The Balaban J connectivity index is 1.84. The number of carbonyl (C=O) groups is 2. The molecule has 4 rings (SSSR count). The van der Waals surface area contributed by atoms with Crippen LogP contribution in [0.4, 0.5) is 17.6 Å². The predicted molar refractivity (Wildman–Crippen MR) is 144 cm³/mol. The largest absolute Gasteiger partial charge is 0.496 e. The second kappa shape index (κ2) is 12.0. The fraction of sp³-hybridized carbons (Fsp3) is 0.548. The number of halogens is 4. The molecular formula is C31H37F4NO5. The Labute approximate surface area is 237 Å². The zero-order valence-electron chi connectivity index (χ0n) is 23.7. The molecule has 41 heavy (non-hydrogen) atoms. The fourth-order valence-electron chi connectivity index (χ4n) is 6.44. The topological polar surface area (TPSA) is 76.1 Å². The number of ether oxygens (including phenoxy) is 2. The minimum absolute atomic E-state index is 0.103. The van der Waals surface area contributed by atoms with E-state index in [9.17, 15) is 27.9 Å². The van der Waals surface area contributed by atoms with E-state index in [4.69, 9.17) is 9.47 Å². The maximum Gasteiger partial charge on any atom is 0.416 e. The van der Waals surface area contributed by atoms with Crippen LogP contribution in [0.1, 0.15) is 75.6 Å². The van der Waals surface area contributed by atoms with Crippen LogP contribution in [0.15, 0.2) is 42.5 Å². The minimum Gasteiger partial charge on any atom is -0.496 e. The van der Waals surface area contributed by atoms with Crippen molar-refractivity contribution in [2.24, 2.45) is 17.3 Å².